The molecular formula is C22H28N4O8S. The second-order valence-corrected chi connectivity index (χ2v) is 9.77. The number of aromatic hydroxyl groups is 1. The van der Waals surface area contributed by atoms with Crippen LogP contribution in [0.2, 0.25) is 0 Å². The Morgan fingerprint density at radius 3 is 2.31 bits per heavy atom. The number of carboxylic acids is 1. The fourth-order valence-electron chi connectivity index (χ4n) is 3.07. The molecule has 0 heterocycles. The molecule has 0 aromatic heterocycles. The first-order chi connectivity index (χ1) is 16.2. The number of amides is 1. The van der Waals surface area contributed by atoms with Gasteiger partial charge in [-0.2, -0.15) is 0 Å². The molecule has 2 aromatic rings. The van der Waals surface area contributed by atoms with Crippen molar-refractivity contribution in [2.45, 2.75) is 43.3 Å². The number of aliphatic carboxylic acids is 1. The molecule has 0 bridgehead atoms. The van der Waals surface area contributed by atoms with Crippen molar-refractivity contribution in [3.63, 3.8) is 0 Å². The van der Waals surface area contributed by atoms with Gasteiger partial charge in [0.1, 0.15) is 16.5 Å². The number of hydrogen-bond donors (Lipinski definition) is 8. The second kappa shape index (κ2) is 11.3. The summed E-state index contributed by atoms with van der Waals surface area (Å²) >= 11 is 0. The maximum Gasteiger partial charge on any atom is 0.335 e. The molecule has 0 saturated heterocycles. The van der Waals surface area contributed by atoms with Gasteiger partial charge in [-0.1, -0.05) is 26.0 Å². The van der Waals surface area contributed by atoms with E-state index in [2.05, 4.69) is 10.0 Å². The Morgan fingerprint density at radius 2 is 1.74 bits per heavy atom. The van der Waals surface area contributed by atoms with E-state index in [9.17, 15) is 33.3 Å². The molecular weight excluding hydrogens is 480 g/mol. The van der Waals surface area contributed by atoms with Gasteiger partial charge in [-0.25, -0.2) is 17.9 Å². The van der Waals surface area contributed by atoms with Crippen LogP contribution in [0.5, 0.6) is 5.75 Å². The summed E-state index contributed by atoms with van der Waals surface area (Å²) in [6.45, 7) is 3.65. The number of nitrogen functional groups attached to an aromatic ring is 1. The van der Waals surface area contributed by atoms with Crippen LogP contribution < -0.4 is 15.8 Å². The third-order valence-corrected chi connectivity index (χ3v) is 6.62. The van der Waals surface area contributed by atoms with Crippen molar-refractivity contribution in [2.75, 3.05) is 11.9 Å². The van der Waals surface area contributed by atoms with Crippen molar-refractivity contribution in [1.82, 2.24) is 4.72 Å². The van der Waals surface area contributed by atoms with E-state index in [1.165, 1.54) is 6.07 Å². The summed E-state index contributed by atoms with van der Waals surface area (Å²) < 4.78 is 27.7. The van der Waals surface area contributed by atoms with Gasteiger partial charge in [-0.3, -0.25) is 10.2 Å². The standard InChI is InChI=1S/C22H28N4O8S/c1-11(2)13-4-3-12(15(9-13)26-21(30)18(28)19(29)22(31)32)7-8-25-35(33,34)17-10-14(20(23)24)5-6-16(17)27/h3-6,9-11,18-19,25,27-29H,7-8H2,1-2H3,(H3,23,24)(H,26,30)(H,31,32). The molecule has 0 aliphatic carbocycles. The highest BCUT2D eigenvalue weighted by Gasteiger charge is 2.30. The highest BCUT2D eigenvalue weighted by Crippen LogP contribution is 2.25. The first-order valence-corrected chi connectivity index (χ1v) is 11.9. The summed E-state index contributed by atoms with van der Waals surface area (Å²) in [5.74, 6) is -3.75. The molecule has 2 rings (SSSR count). The maximum atomic E-state index is 12.7. The average Bonchev–Trinajstić information content (AvgIpc) is 2.78. The number of rotatable bonds is 11. The smallest absolute Gasteiger partial charge is 0.335 e. The minimum atomic E-state index is -4.19. The lowest BCUT2D eigenvalue weighted by Crippen LogP contribution is -2.42. The number of benzene rings is 2. The summed E-state index contributed by atoms with van der Waals surface area (Å²) in [6, 6.07) is 8.51. The molecule has 0 radical (unpaired) electrons. The lowest BCUT2D eigenvalue weighted by atomic mass is 9.98. The molecule has 0 spiro atoms. The van der Waals surface area contributed by atoms with Crippen molar-refractivity contribution < 1.29 is 38.4 Å². The molecule has 0 aliphatic heterocycles. The van der Waals surface area contributed by atoms with Crippen molar-refractivity contribution in [3.8, 4) is 5.75 Å². The molecule has 12 nitrogen and oxygen atoms in total. The number of carbonyl (C=O) groups excluding carboxylic acids is 1. The number of hydrogen-bond acceptors (Lipinski definition) is 8. The largest absolute Gasteiger partial charge is 0.507 e. The topological polar surface area (TPSA) is 223 Å². The number of carbonyl (C=O) groups is 2. The SMILES string of the molecule is CC(C)c1ccc(CCNS(=O)(=O)c2cc(C(=N)N)ccc2O)c(NC(=O)C(O)C(O)C(=O)O)c1. The van der Waals surface area contributed by atoms with Crippen molar-refractivity contribution in [2.24, 2.45) is 5.73 Å². The molecule has 0 fully saturated rings. The number of carboxylic acid groups (broad SMARTS) is 1. The first-order valence-electron chi connectivity index (χ1n) is 10.4. The number of nitrogens with one attached hydrogen (secondary N) is 3. The fraction of sp³-hybridized carbons (Fsp3) is 0.318. The lowest BCUT2D eigenvalue weighted by molar-refractivity contribution is -0.156. The molecule has 2 atom stereocenters. The van der Waals surface area contributed by atoms with Crippen LogP contribution in [-0.2, 0) is 26.0 Å². The zero-order valence-electron chi connectivity index (χ0n) is 19.0. The predicted molar refractivity (Wildman–Crippen MR) is 127 cm³/mol. The van der Waals surface area contributed by atoms with Crippen LogP contribution in [0.15, 0.2) is 41.3 Å². The van der Waals surface area contributed by atoms with Gasteiger partial charge in [0.15, 0.2) is 12.2 Å². The van der Waals surface area contributed by atoms with E-state index in [0.29, 0.717) is 5.56 Å². The Balaban J connectivity index is 2.24. The van der Waals surface area contributed by atoms with Crippen LogP contribution in [0.1, 0.15) is 36.5 Å². The number of phenolic OH excluding ortho intramolecular Hbond substituents is 1. The number of phenols is 1. The van der Waals surface area contributed by atoms with Crippen LogP contribution >= 0.6 is 0 Å². The normalized spacial score (nSPS) is 13.3. The minimum absolute atomic E-state index is 0.0595. The Bertz CT molecular complexity index is 1230. The zero-order chi connectivity index (χ0) is 26.5. The number of aliphatic hydroxyl groups excluding tert-OH is 2. The zero-order valence-corrected chi connectivity index (χ0v) is 19.8. The summed E-state index contributed by atoms with van der Waals surface area (Å²) in [5, 5.41) is 47.8. The van der Waals surface area contributed by atoms with Crippen molar-refractivity contribution >= 4 is 33.4 Å². The number of amidine groups is 1. The van der Waals surface area contributed by atoms with E-state index in [-0.39, 0.29) is 36.0 Å². The Hall–Kier alpha value is -3.52. The highest BCUT2D eigenvalue weighted by molar-refractivity contribution is 7.89. The summed E-state index contributed by atoms with van der Waals surface area (Å²) in [6.07, 6.45) is -4.48. The van der Waals surface area contributed by atoms with Crippen LogP contribution in [0, 0.1) is 5.41 Å². The maximum absolute atomic E-state index is 12.7. The Labute approximate surface area is 202 Å². The molecule has 190 valence electrons. The van der Waals surface area contributed by atoms with Crippen LogP contribution in [0.3, 0.4) is 0 Å². The molecule has 1 amide bonds. The van der Waals surface area contributed by atoms with Gasteiger partial charge in [-0.05, 0) is 47.7 Å². The summed E-state index contributed by atoms with van der Waals surface area (Å²) in [5.41, 5.74) is 6.97. The minimum Gasteiger partial charge on any atom is -0.507 e. The van der Waals surface area contributed by atoms with Gasteiger partial charge in [0.25, 0.3) is 5.91 Å². The number of nitrogens with two attached hydrogens (primary N) is 1. The van der Waals surface area contributed by atoms with Crippen molar-refractivity contribution in [1.29, 1.82) is 5.41 Å². The molecule has 35 heavy (non-hydrogen) atoms. The monoisotopic (exact) mass is 508 g/mol. The van der Waals surface area contributed by atoms with Crippen LogP contribution in [-0.4, -0.2) is 65.3 Å². The molecule has 9 N–H and O–H groups in total. The number of anilines is 1. The van der Waals surface area contributed by atoms with E-state index < -0.39 is 44.8 Å². The average molecular weight is 509 g/mol. The molecule has 2 unspecified atom stereocenters. The van der Waals surface area contributed by atoms with Gasteiger partial charge < -0.3 is 31.5 Å². The van der Waals surface area contributed by atoms with Gasteiger partial charge in [-0.15, -0.1) is 0 Å². The van der Waals surface area contributed by atoms with E-state index in [1.807, 2.05) is 13.8 Å². The van der Waals surface area contributed by atoms with Crippen molar-refractivity contribution in [3.05, 3.63) is 53.1 Å². The molecule has 2 aromatic carbocycles. The second-order valence-electron chi connectivity index (χ2n) is 8.03. The molecule has 0 saturated carbocycles. The van der Waals surface area contributed by atoms with Gasteiger partial charge in [0, 0.05) is 17.8 Å². The lowest BCUT2D eigenvalue weighted by Gasteiger charge is -2.18. The fourth-order valence-corrected chi connectivity index (χ4v) is 4.22. The van der Waals surface area contributed by atoms with Crippen LogP contribution in [0.25, 0.3) is 0 Å². The van der Waals surface area contributed by atoms with E-state index in [1.54, 1.807) is 18.2 Å². The van der Waals surface area contributed by atoms with E-state index in [0.717, 1.165) is 17.7 Å². The van der Waals surface area contributed by atoms with Crippen LogP contribution in [0.4, 0.5) is 5.69 Å². The van der Waals surface area contributed by atoms with Gasteiger partial charge >= 0.3 is 5.97 Å². The number of sulfonamides is 1. The Kier molecular flexibility index (Phi) is 8.93. The molecule has 0 aliphatic rings. The van der Waals surface area contributed by atoms with E-state index >= 15 is 0 Å². The molecule has 13 heteroatoms. The third kappa shape index (κ3) is 6.99. The number of aliphatic hydroxyl groups is 2. The van der Waals surface area contributed by atoms with Gasteiger partial charge in [0.05, 0.1) is 0 Å². The predicted octanol–water partition coefficient (Wildman–Crippen LogP) is 0.0656. The summed E-state index contributed by atoms with van der Waals surface area (Å²) in [7, 11) is -4.19. The third-order valence-electron chi connectivity index (χ3n) is 5.13. The quantitative estimate of drug-likeness (QED) is 0.152. The Morgan fingerprint density at radius 1 is 1.09 bits per heavy atom. The van der Waals surface area contributed by atoms with E-state index in [4.69, 9.17) is 16.2 Å². The summed E-state index contributed by atoms with van der Waals surface area (Å²) in [4.78, 5) is 22.7. The van der Waals surface area contributed by atoms with Gasteiger partial charge in [0.2, 0.25) is 10.0 Å². The first kappa shape index (κ1) is 27.7. The highest BCUT2D eigenvalue weighted by atomic mass is 32.2.